The molecule has 0 spiro atoms. The number of aromatic nitrogens is 1. The van der Waals surface area contributed by atoms with Gasteiger partial charge in [0.1, 0.15) is 0 Å². The van der Waals surface area contributed by atoms with E-state index in [1.54, 1.807) is 11.3 Å². The van der Waals surface area contributed by atoms with Crippen molar-refractivity contribution in [2.75, 3.05) is 7.05 Å². The first-order valence-electron chi connectivity index (χ1n) is 5.95. The van der Waals surface area contributed by atoms with Crippen molar-refractivity contribution in [2.45, 2.75) is 44.6 Å². The zero-order valence-corrected chi connectivity index (χ0v) is 10.2. The molecule has 1 saturated carbocycles. The van der Waals surface area contributed by atoms with Gasteiger partial charge in [-0.05, 0) is 32.2 Å². The van der Waals surface area contributed by atoms with E-state index in [1.807, 2.05) is 11.7 Å². The Balaban J connectivity index is 1.91. The fourth-order valence-corrected chi connectivity index (χ4v) is 3.26. The zero-order valence-electron chi connectivity index (χ0n) is 9.41. The molecule has 2 nitrogen and oxygen atoms in total. The molecule has 1 aromatic heterocycles. The SMILES string of the molecule is CNC(Cc1cncs1)C1CCCCC1. The van der Waals surface area contributed by atoms with Gasteiger partial charge in [0.2, 0.25) is 0 Å². The molecule has 0 bridgehead atoms. The molecule has 15 heavy (non-hydrogen) atoms. The van der Waals surface area contributed by atoms with Crippen LogP contribution in [0.15, 0.2) is 11.7 Å². The summed E-state index contributed by atoms with van der Waals surface area (Å²) in [7, 11) is 2.10. The summed E-state index contributed by atoms with van der Waals surface area (Å²) >= 11 is 1.78. The minimum absolute atomic E-state index is 0.658. The smallest absolute Gasteiger partial charge is 0.0794 e. The lowest BCUT2D eigenvalue weighted by Gasteiger charge is -2.29. The highest BCUT2D eigenvalue weighted by Gasteiger charge is 2.22. The monoisotopic (exact) mass is 224 g/mol. The summed E-state index contributed by atoms with van der Waals surface area (Å²) in [5.41, 5.74) is 1.93. The van der Waals surface area contributed by atoms with Crippen LogP contribution in [0.2, 0.25) is 0 Å². The fourth-order valence-electron chi connectivity index (χ4n) is 2.60. The summed E-state index contributed by atoms with van der Waals surface area (Å²) < 4.78 is 0. The van der Waals surface area contributed by atoms with E-state index in [4.69, 9.17) is 0 Å². The highest BCUT2D eigenvalue weighted by Crippen LogP contribution is 2.28. The first kappa shape index (κ1) is 11.1. The number of nitrogens with zero attached hydrogens (tertiary/aromatic N) is 1. The Morgan fingerprint density at radius 2 is 2.27 bits per heavy atom. The second-order valence-corrected chi connectivity index (χ2v) is 5.44. The van der Waals surface area contributed by atoms with E-state index in [-0.39, 0.29) is 0 Å². The van der Waals surface area contributed by atoms with Crippen LogP contribution in [0.3, 0.4) is 0 Å². The Labute approximate surface area is 96.1 Å². The summed E-state index contributed by atoms with van der Waals surface area (Å²) in [6, 6.07) is 0.658. The van der Waals surface area contributed by atoms with Crippen LogP contribution in [-0.2, 0) is 6.42 Å². The largest absolute Gasteiger partial charge is 0.316 e. The third kappa shape index (κ3) is 3.02. The van der Waals surface area contributed by atoms with Crippen molar-refractivity contribution in [3.63, 3.8) is 0 Å². The van der Waals surface area contributed by atoms with Crippen molar-refractivity contribution in [1.29, 1.82) is 0 Å². The molecule has 1 unspecified atom stereocenters. The first-order chi connectivity index (χ1) is 7.40. The lowest BCUT2D eigenvalue weighted by molar-refractivity contribution is 0.277. The summed E-state index contributed by atoms with van der Waals surface area (Å²) in [6.07, 6.45) is 10.3. The van der Waals surface area contributed by atoms with E-state index < -0.39 is 0 Å². The van der Waals surface area contributed by atoms with Gasteiger partial charge in [0, 0.05) is 17.1 Å². The van der Waals surface area contributed by atoms with Crippen LogP contribution in [0.4, 0.5) is 0 Å². The third-order valence-electron chi connectivity index (χ3n) is 3.49. The Hall–Kier alpha value is -0.410. The van der Waals surface area contributed by atoms with Gasteiger partial charge in [-0.15, -0.1) is 11.3 Å². The molecular formula is C12H20N2S. The van der Waals surface area contributed by atoms with E-state index in [9.17, 15) is 0 Å². The van der Waals surface area contributed by atoms with Gasteiger partial charge in [0.15, 0.2) is 0 Å². The van der Waals surface area contributed by atoms with Crippen molar-refractivity contribution >= 4 is 11.3 Å². The highest BCUT2D eigenvalue weighted by molar-refractivity contribution is 7.09. The van der Waals surface area contributed by atoms with E-state index in [2.05, 4.69) is 17.3 Å². The fraction of sp³-hybridized carbons (Fsp3) is 0.750. The van der Waals surface area contributed by atoms with Crippen molar-refractivity contribution < 1.29 is 0 Å². The van der Waals surface area contributed by atoms with Crippen LogP contribution < -0.4 is 5.32 Å². The van der Waals surface area contributed by atoms with Gasteiger partial charge < -0.3 is 5.32 Å². The van der Waals surface area contributed by atoms with E-state index in [1.165, 1.54) is 37.0 Å². The van der Waals surface area contributed by atoms with E-state index in [0.717, 1.165) is 12.3 Å². The molecule has 0 amide bonds. The number of rotatable bonds is 4. The number of hydrogen-bond acceptors (Lipinski definition) is 3. The predicted molar refractivity (Wildman–Crippen MR) is 65.2 cm³/mol. The molecule has 1 aliphatic carbocycles. The summed E-state index contributed by atoms with van der Waals surface area (Å²) in [5.74, 6) is 0.880. The average molecular weight is 224 g/mol. The zero-order chi connectivity index (χ0) is 10.5. The quantitative estimate of drug-likeness (QED) is 0.850. The molecule has 3 heteroatoms. The Kier molecular flexibility index (Phi) is 4.15. The topological polar surface area (TPSA) is 24.9 Å². The highest BCUT2D eigenvalue weighted by atomic mass is 32.1. The number of hydrogen-bond donors (Lipinski definition) is 1. The predicted octanol–water partition coefficient (Wildman–Crippen LogP) is 2.85. The maximum atomic E-state index is 4.15. The van der Waals surface area contributed by atoms with Crippen LogP contribution in [0.25, 0.3) is 0 Å². The van der Waals surface area contributed by atoms with Crippen molar-refractivity contribution in [3.05, 3.63) is 16.6 Å². The van der Waals surface area contributed by atoms with E-state index >= 15 is 0 Å². The molecule has 0 aromatic carbocycles. The maximum absolute atomic E-state index is 4.15. The molecule has 1 aromatic rings. The molecule has 84 valence electrons. The normalized spacial score (nSPS) is 20.3. The van der Waals surface area contributed by atoms with Crippen LogP contribution in [0.5, 0.6) is 0 Å². The molecule has 0 aliphatic heterocycles. The van der Waals surface area contributed by atoms with Gasteiger partial charge >= 0.3 is 0 Å². The van der Waals surface area contributed by atoms with Gasteiger partial charge in [-0.2, -0.15) is 0 Å². The van der Waals surface area contributed by atoms with E-state index in [0.29, 0.717) is 6.04 Å². The van der Waals surface area contributed by atoms with Gasteiger partial charge in [-0.3, -0.25) is 4.98 Å². The summed E-state index contributed by atoms with van der Waals surface area (Å²) in [6.45, 7) is 0. The maximum Gasteiger partial charge on any atom is 0.0794 e. The minimum Gasteiger partial charge on any atom is -0.316 e. The van der Waals surface area contributed by atoms with Crippen molar-refractivity contribution in [1.82, 2.24) is 10.3 Å². The number of nitrogens with one attached hydrogen (secondary N) is 1. The molecule has 1 aliphatic rings. The Morgan fingerprint density at radius 1 is 1.47 bits per heavy atom. The molecule has 1 fully saturated rings. The van der Waals surface area contributed by atoms with Crippen LogP contribution in [-0.4, -0.2) is 18.1 Å². The minimum atomic E-state index is 0.658. The molecule has 1 heterocycles. The summed E-state index contributed by atoms with van der Waals surface area (Å²) in [5, 5.41) is 3.49. The second-order valence-electron chi connectivity index (χ2n) is 4.47. The molecule has 2 rings (SSSR count). The van der Waals surface area contributed by atoms with Crippen molar-refractivity contribution in [2.24, 2.45) is 5.92 Å². The van der Waals surface area contributed by atoms with Crippen LogP contribution in [0.1, 0.15) is 37.0 Å². The standard InChI is InChI=1S/C12H20N2S/c1-13-12(7-11-8-14-9-15-11)10-5-3-2-4-6-10/h8-10,12-13H,2-7H2,1H3. The average Bonchev–Trinajstić information content (AvgIpc) is 2.80. The summed E-state index contributed by atoms with van der Waals surface area (Å²) in [4.78, 5) is 5.56. The lowest BCUT2D eigenvalue weighted by Crippen LogP contribution is -2.36. The molecule has 0 radical (unpaired) electrons. The second kappa shape index (κ2) is 5.61. The Bertz CT molecular complexity index is 265. The number of thiazole rings is 1. The van der Waals surface area contributed by atoms with Gasteiger partial charge in [-0.25, -0.2) is 0 Å². The molecule has 0 saturated heterocycles. The van der Waals surface area contributed by atoms with Crippen LogP contribution >= 0.6 is 11.3 Å². The third-order valence-corrected chi connectivity index (χ3v) is 4.30. The molecule has 1 atom stereocenters. The van der Waals surface area contributed by atoms with Crippen LogP contribution in [0, 0.1) is 5.92 Å². The van der Waals surface area contributed by atoms with Gasteiger partial charge in [0.25, 0.3) is 0 Å². The van der Waals surface area contributed by atoms with Crippen molar-refractivity contribution in [3.8, 4) is 0 Å². The Morgan fingerprint density at radius 3 is 2.87 bits per heavy atom. The first-order valence-corrected chi connectivity index (χ1v) is 6.82. The van der Waals surface area contributed by atoms with Gasteiger partial charge in [-0.1, -0.05) is 19.3 Å². The lowest BCUT2D eigenvalue weighted by atomic mass is 9.82. The van der Waals surface area contributed by atoms with Gasteiger partial charge in [0.05, 0.1) is 5.51 Å². The molecule has 1 N–H and O–H groups in total. The number of likely N-dealkylation sites (N-methyl/N-ethyl adjacent to an activating group) is 1. The molecular weight excluding hydrogens is 204 g/mol.